The summed E-state index contributed by atoms with van der Waals surface area (Å²) in [6.07, 6.45) is 2.12. The van der Waals surface area contributed by atoms with Crippen LogP contribution in [0.2, 0.25) is 15.1 Å². The van der Waals surface area contributed by atoms with Gasteiger partial charge in [-0.2, -0.15) is 0 Å². The number of carbonyl (C=O) groups excluding carboxylic acids is 3. The smallest absolute Gasteiger partial charge is 0.410 e. The highest BCUT2D eigenvalue weighted by molar-refractivity contribution is 7.21. The van der Waals surface area contributed by atoms with Crippen molar-refractivity contribution in [1.29, 1.82) is 0 Å². The summed E-state index contributed by atoms with van der Waals surface area (Å²) in [7, 11) is 0. The van der Waals surface area contributed by atoms with Crippen LogP contribution in [-0.4, -0.2) is 65.7 Å². The largest absolute Gasteiger partial charge is 0.463 e. The highest BCUT2D eigenvalue weighted by Crippen LogP contribution is 2.45. The number of carbonyl (C=O) groups is 3. The van der Waals surface area contributed by atoms with E-state index in [1.54, 1.807) is 13.8 Å². The van der Waals surface area contributed by atoms with Crippen LogP contribution in [0.3, 0.4) is 0 Å². The summed E-state index contributed by atoms with van der Waals surface area (Å²) in [5.41, 5.74) is 1.11. The molecule has 45 heavy (non-hydrogen) atoms. The number of esters is 1. The van der Waals surface area contributed by atoms with Gasteiger partial charge in [0.05, 0.1) is 32.6 Å². The maximum Gasteiger partial charge on any atom is 0.410 e. The standard InChI is InChI=1S/C31H33Cl3N4O5S2/c1-6-42-28(40)16(2)9-20-21(33)10-18(11-22(20)34)26(39)36-29-35-25(24-12-19(32)15-44-24)27(45-29)37-13-17-7-8-38(23(17)14-37)30(41)43-31(3,4)5/h9-12,15,17,23H,6-8,13-14H2,1-5H3,(H,35,36,39)/b16-9+/t17-,23+/m0/s1. The number of halogens is 3. The van der Waals surface area contributed by atoms with E-state index in [4.69, 9.17) is 49.3 Å². The molecule has 14 heteroatoms. The Morgan fingerprint density at radius 2 is 1.84 bits per heavy atom. The molecular formula is C31H33Cl3N4O5S2. The fraction of sp³-hybridized carbons (Fsp3) is 0.419. The molecule has 2 aliphatic rings. The van der Waals surface area contributed by atoms with E-state index in [1.807, 2.05) is 37.1 Å². The number of nitrogens with one attached hydrogen (secondary N) is 1. The lowest BCUT2D eigenvalue weighted by atomic mass is 10.1. The predicted molar refractivity (Wildman–Crippen MR) is 182 cm³/mol. The van der Waals surface area contributed by atoms with E-state index < -0.39 is 17.5 Å². The van der Waals surface area contributed by atoms with Crippen LogP contribution in [0.4, 0.5) is 14.9 Å². The molecule has 240 valence electrons. The van der Waals surface area contributed by atoms with Gasteiger partial charge in [-0.3, -0.25) is 10.1 Å². The summed E-state index contributed by atoms with van der Waals surface area (Å²) in [5, 5.41) is 7.03. The average molecular weight is 712 g/mol. The van der Waals surface area contributed by atoms with E-state index in [2.05, 4.69) is 10.2 Å². The second-order valence-corrected chi connectivity index (χ2v) is 15.0. The van der Waals surface area contributed by atoms with E-state index in [9.17, 15) is 14.4 Å². The van der Waals surface area contributed by atoms with Crippen LogP contribution >= 0.6 is 57.5 Å². The van der Waals surface area contributed by atoms with Crippen molar-refractivity contribution < 1.29 is 23.9 Å². The van der Waals surface area contributed by atoms with Crippen LogP contribution < -0.4 is 10.2 Å². The molecule has 2 atom stereocenters. The van der Waals surface area contributed by atoms with Crippen LogP contribution in [-0.2, 0) is 14.3 Å². The molecule has 0 spiro atoms. The number of ether oxygens (including phenoxy) is 2. The third-order valence-electron chi connectivity index (χ3n) is 7.39. The molecule has 2 aromatic heterocycles. The SMILES string of the molecule is CCOC(=O)/C(C)=C/c1c(Cl)cc(C(=O)Nc2nc(-c3cc(Cl)cs3)c(N3C[C@@H]4CCN(C(=O)OC(C)(C)C)[C@@H]4C3)s2)cc1Cl. The van der Waals surface area contributed by atoms with Crippen molar-refractivity contribution >= 4 is 91.7 Å². The number of hydrogen-bond donors (Lipinski definition) is 1. The quantitative estimate of drug-likeness (QED) is 0.194. The molecule has 0 unspecified atom stereocenters. The Morgan fingerprint density at radius 1 is 1.13 bits per heavy atom. The summed E-state index contributed by atoms with van der Waals surface area (Å²) in [6, 6.07) is 4.86. The Hall–Kier alpha value is -2.83. The number of anilines is 2. The van der Waals surface area contributed by atoms with Gasteiger partial charge in [0.2, 0.25) is 0 Å². The van der Waals surface area contributed by atoms with Gasteiger partial charge in [-0.25, -0.2) is 14.6 Å². The topological polar surface area (TPSA) is 101 Å². The number of fused-ring (bicyclic) bond motifs is 1. The molecule has 2 aliphatic heterocycles. The van der Waals surface area contributed by atoms with Gasteiger partial charge >= 0.3 is 12.1 Å². The normalized spacial score (nSPS) is 18.3. The minimum absolute atomic E-state index is 0.0177. The molecule has 0 radical (unpaired) electrons. The summed E-state index contributed by atoms with van der Waals surface area (Å²) >= 11 is 22.1. The van der Waals surface area contributed by atoms with Crippen LogP contribution in [0, 0.1) is 5.92 Å². The fourth-order valence-corrected chi connectivity index (χ4v) is 8.11. The highest BCUT2D eigenvalue weighted by atomic mass is 35.5. The predicted octanol–water partition coefficient (Wildman–Crippen LogP) is 8.50. The van der Waals surface area contributed by atoms with Crippen molar-refractivity contribution in [1.82, 2.24) is 9.88 Å². The monoisotopic (exact) mass is 710 g/mol. The number of aromatic nitrogens is 1. The molecule has 0 aliphatic carbocycles. The summed E-state index contributed by atoms with van der Waals surface area (Å²) < 4.78 is 10.7. The van der Waals surface area contributed by atoms with E-state index in [-0.39, 0.29) is 34.4 Å². The minimum atomic E-state index is -0.573. The third kappa shape index (κ3) is 7.60. The molecule has 4 heterocycles. The average Bonchev–Trinajstić information content (AvgIpc) is 3.73. The van der Waals surface area contributed by atoms with Gasteiger partial charge in [0.15, 0.2) is 5.13 Å². The molecule has 9 nitrogen and oxygen atoms in total. The van der Waals surface area contributed by atoms with Crippen LogP contribution in [0.25, 0.3) is 16.6 Å². The maximum atomic E-state index is 13.4. The Morgan fingerprint density at radius 3 is 2.47 bits per heavy atom. The maximum absolute atomic E-state index is 13.4. The molecule has 5 rings (SSSR count). The summed E-state index contributed by atoms with van der Waals surface area (Å²) in [6.45, 7) is 11.2. The zero-order valence-electron chi connectivity index (χ0n) is 25.4. The van der Waals surface area contributed by atoms with Gasteiger partial charge in [-0.05, 0) is 65.3 Å². The van der Waals surface area contributed by atoms with Crippen molar-refractivity contribution in [2.24, 2.45) is 5.92 Å². The number of rotatable bonds is 7. The van der Waals surface area contributed by atoms with Crippen molar-refractivity contribution in [3.63, 3.8) is 0 Å². The first-order valence-corrected chi connectivity index (χ1v) is 17.2. The number of nitrogens with zero attached hydrogens (tertiary/aromatic N) is 3. The molecule has 0 bridgehead atoms. The molecule has 1 aromatic carbocycles. The molecule has 1 N–H and O–H groups in total. The van der Waals surface area contributed by atoms with Crippen LogP contribution in [0.15, 0.2) is 29.2 Å². The minimum Gasteiger partial charge on any atom is -0.463 e. The van der Waals surface area contributed by atoms with Crippen molar-refractivity contribution in [2.45, 2.75) is 52.7 Å². The zero-order chi connectivity index (χ0) is 32.6. The van der Waals surface area contributed by atoms with Crippen molar-refractivity contribution in [2.75, 3.05) is 36.5 Å². The van der Waals surface area contributed by atoms with E-state index in [0.29, 0.717) is 46.0 Å². The molecule has 2 fully saturated rings. The third-order valence-corrected chi connectivity index (χ3v) is 10.3. The Labute approximate surface area is 285 Å². The second kappa shape index (κ2) is 13.5. The van der Waals surface area contributed by atoms with Gasteiger partial charge in [-0.15, -0.1) is 11.3 Å². The van der Waals surface area contributed by atoms with Crippen molar-refractivity contribution in [3.8, 4) is 10.6 Å². The highest BCUT2D eigenvalue weighted by Gasteiger charge is 2.45. The summed E-state index contributed by atoms with van der Waals surface area (Å²) in [5.74, 6) is -0.628. The molecular weight excluding hydrogens is 679 g/mol. The van der Waals surface area contributed by atoms with Crippen LogP contribution in [0.5, 0.6) is 0 Å². The number of thiophene rings is 1. The van der Waals surface area contributed by atoms with Gasteiger partial charge in [0.1, 0.15) is 16.3 Å². The lowest BCUT2D eigenvalue weighted by molar-refractivity contribution is -0.138. The number of benzene rings is 1. The van der Waals surface area contributed by atoms with Gasteiger partial charge < -0.3 is 19.3 Å². The molecule has 3 aromatic rings. The van der Waals surface area contributed by atoms with E-state index in [1.165, 1.54) is 40.9 Å². The van der Waals surface area contributed by atoms with Crippen LogP contribution in [0.1, 0.15) is 57.0 Å². The van der Waals surface area contributed by atoms with E-state index >= 15 is 0 Å². The summed E-state index contributed by atoms with van der Waals surface area (Å²) in [4.78, 5) is 48.1. The fourth-order valence-electron chi connectivity index (χ4n) is 5.40. The Balaban J connectivity index is 1.38. The Bertz CT molecular complexity index is 1640. The Kier molecular flexibility index (Phi) is 10.1. The number of likely N-dealkylation sites (tertiary alicyclic amines) is 1. The zero-order valence-corrected chi connectivity index (χ0v) is 29.3. The number of amides is 2. The number of hydrogen-bond acceptors (Lipinski definition) is 9. The first-order valence-electron chi connectivity index (χ1n) is 14.4. The molecule has 0 saturated carbocycles. The lowest BCUT2D eigenvalue weighted by Crippen LogP contribution is -2.42. The van der Waals surface area contributed by atoms with Gasteiger partial charge in [0.25, 0.3) is 5.91 Å². The van der Waals surface area contributed by atoms with E-state index in [0.717, 1.165) is 22.8 Å². The first kappa shape index (κ1) is 33.5. The van der Waals surface area contributed by atoms with Gasteiger partial charge in [0, 0.05) is 47.6 Å². The second-order valence-electron chi connectivity index (χ2n) is 11.9. The number of thiazole rings is 1. The first-order chi connectivity index (χ1) is 21.2. The van der Waals surface area contributed by atoms with Crippen molar-refractivity contribution in [3.05, 3.63) is 55.3 Å². The molecule has 2 saturated heterocycles. The lowest BCUT2D eigenvalue weighted by Gasteiger charge is -2.28. The molecule has 2 amide bonds. The van der Waals surface area contributed by atoms with Gasteiger partial charge in [-0.1, -0.05) is 46.1 Å².